The molecule has 0 aliphatic rings. The fourth-order valence-corrected chi connectivity index (χ4v) is 2.18. The summed E-state index contributed by atoms with van der Waals surface area (Å²) in [7, 11) is 3.29. The van der Waals surface area contributed by atoms with Crippen LogP contribution in [0.25, 0.3) is 0 Å². The average molecular weight is 274 g/mol. The maximum absolute atomic E-state index is 11.3. The Morgan fingerprint density at radius 3 is 2.86 bits per heavy atom. The monoisotopic (exact) mass is 273 g/mol. The van der Waals surface area contributed by atoms with Crippen LogP contribution in [0.4, 0.5) is 9.80 Å². The van der Waals surface area contributed by atoms with Gasteiger partial charge < -0.3 is 4.90 Å². The summed E-state index contributed by atoms with van der Waals surface area (Å²) in [5, 5.41) is 12.0. The summed E-state index contributed by atoms with van der Waals surface area (Å²) < 4.78 is 0.822. The first-order valence-electron chi connectivity index (χ1n) is 3.72. The highest BCUT2D eigenvalue weighted by Gasteiger charge is 2.11. The van der Waals surface area contributed by atoms with Crippen molar-refractivity contribution in [2.24, 2.45) is 0 Å². The molecule has 1 aromatic heterocycles. The number of rotatable bonds is 1. The van der Waals surface area contributed by atoms with E-state index in [-0.39, 0.29) is 6.03 Å². The minimum absolute atomic E-state index is 0.240. The van der Waals surface area contributed by atoms with Crippen molar-refractivity contribution < 1.29 is 4.79 Å². The SMILES string of the molecule is CN(C)C(=O)Nc1sc(Br)cc1C#N. The van der Waals surface area contributed by atoms with Gasteiger partial charge in [0, 0.05) is 14.1 Å². The number of nitrogens with zero attached hydrogens (tertiary/aromatic N) is 2. The quantitative estimate of drug-likeness (QED) is 0.855. The molecule has 1 aromatic rings. The molecule has 0 spiro atoms. The van der Waals surface area contributed by atoms with Crippen molar-refractivity contribution in [1.82, 2.24) is 4.90 Å². The lowest BCUT2D eigenvalue weighted by Crippen LogP contribution is -2.27. The van der Waals surface area contributed by atoms with E-state index in [1.54, 1.807) is 20.2 Å². The first-order chi connectivity index (χ1) is 6.54. The topological polar surface area (TPSA) is 56.1 Å². The van der Waals surface area contributed by atoms with Crippen molar-refractivity contribution >= 4 is 38.3 Å². The number of nitriles is 1. The van der Waals surface area contributed by atoms with E-state index in [0.29, 0.717) is 10.6 Å². The third kappa shape index (κ3) is 2.47. The minimum atomic E-state index is -0.240. The molecule has 0 saturated carbocycles. The van der Waals surface area contributed by atoms with Crippen LogP contribution in [0.1, 0.15) is 5.56 Å². The van der Waals surface area contributed by atoms with Crippen LogP contribution < -0.4 is 5.32 Å². The molecule has 0 bridgehead atoms. The van der Waals surface area contributed by atoms with Crippen LogP contribution in [0, 0.1) is 11.3 Å². The number of halogens is 1. The molecule has 14 heavy (non-hydrogen) atoms. The average Bonchev–Trinajstić information content (AvgIpc) is 2.45. The van der Waals surface area contributed by atoms with Crippen molar-refractivity contribution in [1.29, 1.82) is 5.26 Å². The van der Waals surface area contributed by atoms with Gasteiger partial charge in [0.25, 0.3) is 0 Å². The van der Waals surface area contributed by atoms with E-state index in [0.717, 1.165) is 3.79 Å². The van der Waals surface area contributed by atoms with Gasteiger partial charge in [0.1, 0.15) is 11.1 Å². The maximum atomic E-state index is 11.3. The molecular weight excluding hydrogens is 266 g/mol. The number of anilines is 1. The molecule has 0 unspecified atom stereocenters. The third-order valence-electron chi connectivity index (χ3n) is 1.45. The van der Waals surface area contributed by atoms with Crippen LogP contribution in [-0.4, -0.2) is 25.0 Å². The number of hydrogen-bond acceptors (Lipinski definition) is 3. The Morgan fingerprint density at radius 1 is 1.71 bits per heavy atom. The lowest BCUT2D eigenvalue weighted by atomic mass is 10.3. The molecule has 6 heteroatoms. The van der Waals surface area contributed by atoms with Crippen molar-refractivity contribution in [3.63, 3.8) is 0 Å². The molecule has 4 nitrogen and oxygen atoms in total. The number of urea groups is 1. The molecule has 1 rings (SSSR count). The van der Waals surface area contributed by atoms with Crippen LogP contribution in [0.2, 0.25) is 0 Å². The third-order valence-corrected chi connectivity index (χ3v) is 3.00. The highest BCUT2D eigenvalue weighted by Crippen LogP contribution is 2.31. The lowest BCUT2D eigenvalue weighted by Gasteiger charge is -2.10. The molecule has 1 N–H and O–H groups in total. The molecule has 74 valence electrons. The summed E-state index contributed by atoms with van der Waals surface area (Å²) in [5.41, 5.74) is 0.470. The number of carbonyl (C=O) groups excluding carboxylic acids is 1. The van der Waals surface area contributed by atoms with Gasteiger partial charge in [-0.05, 0) is 22.0 Å². The van der Waals surface area contributed by atoms with Crippen molar-refractivity contribution in [2.45, 2.75) is 0 Å². The van der Waals surface area contributed by atoms with Crippen LogP contribution in [0.3, 0.4) is 0 Å². The van der Waals surface area contributed by atoms with Crippen LogP contribution in [-0.2, 0) is 0 Å². The number of hydrogen-bond donors (Lipinski definition) is 1. The standard InChI is InChI=1S/C8H8BrN3OS/c1-12(2)8(13)11-7-5(4-10)3-6(9)14-7/h3H,1-2H3,(H,11,13). The van der Waals surface area contributed by atoms with Gasteiger partial charge in [-0.2, -0.15) is 5.26 Å². The normalized spacial score (nSPS) is 9.29. The second kappa shape index (κ2) is 4.44. The Bertz CT molecular complexity index is 394. The highest BCUT2D eigenvalue weighted by atomic mass is 79.9. The molecule has 0 atom stereocenters. The highest BCUT2D eigenvalue weighted by molar-refractivity contribution is 9.11. The summed E-state index contributed by atoms with van der Waals surface area (Å²) in [5.74, 6) is 0. The van der Waals surface area contributed by atoms with Crippen molar-refractivity contribution in [2.75, 3.05) is 19.4 Å². The first kappa shape index (κ1) is 11.0. The fraction of sp³-hybridized carbons (Fsp3) is 0.250. The maximum Gasteiger partial charge on any atom is 0.321 e. The van der Waals surface area contributed by atoms with E-state index in [4.69, 9.17) is 5.26 Å². The molecule has 0 saturated heterocycles. The lowest BCUT2D eigenvalue weighted by molar-refractivity contribution is 0.231. The predicted octanol–water partition coefficient (Wildman–Crippen LogP) is 2.48. The largest absolute Gasteiger partial charge is 0.331 e. The molecule has 0 aliphatic carbocycles. The van der Waals surface area contributed by atoms with Crippen molar-refractivity contribution in [3.8, 4) is 6.07 Å². The zero-order chi connectivity index (χ0) is 10.7. The van der Waals surface area contributed by atoms with Gasteiger partial charge >= 0.3 is 6.03 Å². The van der Waals surface area contributed by atoms with Crippen LogP contribution >= 0.6 is 27.3 Å². The predicted molar refractivity (Wildman–Crippen MR) is 59.4 cm³/mol. The second-order valence-corrected chi connectivity index (χ2v) is 5.16. The second-order valence-electron chi connectivity index (χ2n) is 2.73. The zero-order valence-corrected chi connectivity index (χ0v) is 10.1. The van der Waals surface area contributed by atoms with Gasteiger partial charge in [-0.15, -0.1) is 11.3 Å². The Labute approximate surface area is 94.3 Å². The summed E-state index contributed by atoms with van der Waals surface area (Å²) in [6.45, 7) is 0. The molecule has 1 heterocycles. The van der Waals surface area contributed by atoms with Crippen LogP contribution in [0.15, 0.2) is 9.85 Å². The fourth-order valence-electron chi connectivity index (χ4n) is 0.746. The number of carbonyl (C=O) groups is 1. The Morgan fingerprint density at radius 2 is 2.36 bits per heavy atom. The molecule has 2 amide bonds. The number of amides is 2. The summed E-state index contributed by atoms with van der Waals surface area (Å²) >= 11 is 4.57. The number of nitrogens with one attached hydrogen (secondary N) is 1. The smallest absolute Gasteiger partial charge is 0.321 e. The summed E-state index contributed by atoms with van der Waals surface area (Å²) in [6.07, 6.45) is 0. The van der Waals surface area contributed by atoms with Gasteiger partial charge in [0.15, 0.2) is 0 Å². The molecular formula is C8H8BrN3OS. The van der Waals surface area contributed by atoms with Gasteiger partial charge in [0.05, 0.1) is 9.35 Å². The molecule has 0 aromatic carbocycles. The zero-order valence-electron chi connectivity index (χ0n) is 7.67. The van der Waals surface area contributed by atoms with Crippen LogP contribution in [0.5, 0.6) is 0 Å². The summed E-state index contributed by atoms with van der Waals surface area (Å²) in [4.78, 5) is 12.7. The molecule has 0 radical (unpaired) electrons. The Balaban J connectivity index is 2.87. The van der Waals surface area contributed by atoms with Gasteiger partial charge in [-0.1, -0.05) is 0 Å². The van der Waals surface area contributed by atoms with E-state index in [1.165, 1.54) is 16.2 Å². The Kier molecular flexibility index (Phi) is 3.49. The van der Waals surface area contributed by atoms with Gasteiger partial charge in [-0.25, -0.2) is 4.79 Å². The summed E-state index contributed by atoms with van der Waals surface area (Å²) in [6, 6.07) is 3.44. The van der Waals surface area contributed by atoms with Gasteiger partial charge in [-0.3, -0.25) is 5.32 Å². The van der Waals surface area contributed by atoms with E-state index in [1.807, 2.05) is 6.07 Å². The Hall–Kier alpha value is -1.06. The van der Waals surface area contributed by atoms with E-state index in [2.05, 4.69) is 21.2 Å². The van der Waals surface area contributed by atoms with E-state index >= 15 is 0 Å². The van der Waals surface area contributed by atoms with E-state index < -0.39 is 0 Å². The van der Waals surface area contributed by atoms with E-state index in [9.17, 15) is 4.79 Å². The minimum Gasteiger partial charge on any atom is -0.331 e. The molecule has 0 fully saturated rings. The molecule has 0 aliphatic heterocycles. The first-order valence-corrected chi connectivity index (χ1v) is 5.33. The number of thiophene rings is 1. The van der Waals surface area contributed by atoms with Crippen molar-refractivity contribution in [3.05, 3.63) is 15.4 Å². The van der Waals surface area contributed by atoms with Gasteiger partial charge in [0.2, 0.25) is 0 Å².